The van der Waals surface area contributed by atoms with E-state index in [-0.39, 0.29) is 37.7 Å². The van der Waals surface area contributed by atoms with Crippen LogP contribution in [0.2, 0.25) is 0 Å². The highest BCUT2D eigenvalue weighted by Crippen LogP contribution is 1.92. The van der Waals surface area contributed by atoms with Gasteiger partial charge in [-0.1, -0.05) is 0 Å². The Morgan fingerprint density at radius 1 is 1.33 bits per heavy atom. The van der Waals surface area contributed by atoms with Crippen LogP contribution in [0, 0.1) is 0 Å². The van der Waals surface area contributed by atoms with Crippen LogP contribution >= 0.6 is 24.8 Å². The maximum absolute atomic E-state index is 10.1. The lowest BCUT2D eigenvalue weighted by molar-refractivity contribution is -0.138. The SMILES string of the molecule is Cl.Cl.NC(=O)CCC(N)C(=O)O. The van der Waals surface area contributed by atoms with Gasteiger partial charge >= 0.3 is 5.97 Å². The van der Waals surface area contributed by atoms with Gasteiger partial charge in [-0.2, -0.15) is 0 Å². The average Bonchev–Trinajstić information content (AvgIpc) is 1.82. The molecule has 0 aromatic carbocycles. The second-order valence-electron chi connectivity index (χ2n) is 1.95. The molecule has 1 amide bonds. The minimum atomic E-state index is -1.11. The summed E-state index contributed by atoms with van der Waals surface area (Å²) in [5.74, 6) is -1.64. The van der Waals surface area contributed by atoms with Crippen LogP contribution < -0.4 is 11.5 Å². The molecule has 1 atom stereocenters. The lowest BCUT2D eigenvalue weighted by atomic mass is 10.2. The van der Waals surface area contributed by atoms with Gasteiger partial charge in [0, 0.05) is 6.42 Å². The molecule has 0 radical (unpaired) electrons. The fourth-order valence-electron chi connectivity index (χ4n) is 0.421. The van der Waals surface area contributed by atoms with E-state index in [4.69, 9.17) is 16.6 Å². The Bertz CT molecular complexity index is 154. The van der Waals surface area contributed by atoms with Gasteiger partial charge in [0.2, 0.25) is 5.91 Å². The van der Waals surface area contributed by atoms with Crippen molar-refractivity contribution in [1.29, 1.82) is 0 Å². The van der Waals surface area contributed by atoms with Crippen molar-refractivity contribution in [3.63, 3.8) is 0 Å². The number of carbonyl (C=O) groups is 2. The number of amides is 1. The Morgan fingerprint density at radius 3 is 2.00 bits per heavy atom. The van der Waals surface area contributed by atoms with E-state index in [0.717, 1.165) is 0 Å². The fourth-order valence-corrected chi connectivity index (χ4v) is 0.421. The normalized spacial score (nSPS) is 10.4. The van der Waals surface area contributed by atoms with Gasteiger partial charge in [-0.15, -0.1) is 24.8 Å². The molecule has 7 heteroatoms. The van der Waals surface area contributed by atoms with Gasteiger partial charge in [-0.25, -0.2) is 0 Å². The molecule has 0 spiro atoms. The summed E-state index contributed by atoms with van der Waals surface area (Å²) in [6.07, 6.45) is 0.123. The molecule has 12 heavy (non-hydrogen) atoms. The molecule has 0 aliphatic rings. The molecule has 1 unspecified atom stereocenters. The van der Waals surface area contributed by atoms with Crippen LogP contribution in [-0.2, 0) is 9.59 Å². The molecule has 5 nitrogen and oxygen atoms in total. The van der Waals surface area contributed by atoms with Crippen LogP contribution in [0.1, 0.15) is 12.8 Å². The summed E-state index contributed by atoms with van der Waals surface area (Å²) >= 11 is 0. The number of primary amides is 1. The minimum Gasteiger partial charge on any atom is -0.480 e. The summed E-state index contributed by atoms with van der Waals surface area (Å²) in [5.41, 5.74) is 9.81. The van der Waals surface area contributed by atoms with Crippen molar-refractivity contribution in [2.24, 2.45) is 11.5 Å². The number of carbonyl (C=O) groups excluding carboxylic acids is 1. The summed E-state index contributed by atoms with van der Waals surface area (Å²) in [5, 5.41) is 8.22. The zero-order valence-electron chi connectivity index (χ0n) is 6.23. The van der Waals surface area contributed by atoms with E-state index in [1.54, 1.807) is 0 Å². The molecular weight excluding hydrogens is 207 g/mol. The molecule has 0 rings (SSSR count). The zero-order valence-corrected chi connectivity index (χ0v) is 7.86. The first-order valence-corrected chi connectivity index (χ1v) is 2.80. The number of aliphatic carboxylic acids is 1. The summed E-state index contributed by atoms with van der Waals surface area (Å²) in [6, 6.07) is -0.979. The molecule has 0 aromatic heterocycles. The van der Waals surface area contributed by atoms with Crippen LogP contribution in [0.15, 0.2) is 0 Å². The number of rotatable bonds is 4. The van der Waals surface area contributed by atoms with Crippen molar-refractivity contribution in [1.82, 2.24) is 0 Å². The molecule has 74 valence electrons. The molecule has 0 saturated carbocycles. The Balaban J connectivity index is -0.000000405. The smallest absolute Gasteiger partial charge is 0.320 e. The summed E-state index contributed by atoms with van der Waals surface area (Å²) < 4.78 is 0. The van der Waals surface area contributed by atoms with E-state index < -0.39 is 17.9 Å². The van der Waals surface area contributed by atoms with E-state index in [2.05, 4.69) is 0 Å². The van der Waals surface area contributed by atoms with Crippen LogP contribution in [0.5, 0.6) is 0 Å². The monoisotopic (exact) mass is 218 g/mol. The molecule has 0 aromatic rings. The lowest BCUT2D eigenvalue weighted by Crippen LogP contribution is -2.31. The van der Waals surface area contributed by atoms with E-state index in [9.17, 15) is 9.59 Å². The largest absolute Gasteiger partial charge is 0.480 e. The van der Waals surface area contributed by atoms with Gasteiger partial charge in [-0.05, 0) is 6.42 Å². The van der Waals surface area contributed by atoms with Gasteiger partial charge in [0.05, 0.1) is 0 Å². The average molecular weight is 219 g/mol. The highest BCUT2D eigenvalue weighted by Gasteiger charge is 2.11. The van der Waals surface area contributed by atoms with E-state index in [1.165, 1.54) is 0 Å². The van der Waals surface area contributed by atoms with E-state index in [0.29, 0.717) is 0 Å². The van der Waals surface area contributed by atoms with E-state index >= 15 is 0 Å². The van der Waals surface area contributed by atoms with Gasteiger partial charge in [0.15, 0.2) is 0 Å². The molecule has 0 saturated heterocycles. The number of carboxylic acids is 1. The molecule has 0 aliphatic heterocycles. The van der Waals surface area contributed by atoms with Crippen molar-refractivity contribution in [2.75, 3.05) is 0 Å². The first kappa shape index (κ1) is 17.5. The lowest BCUT2D eigenvalue weighted by Gasteiger charge is -2.01. The third-order valence-corrected chi connectivity index (χ3v) is 1.02. The van der Waals surface area contributed by atoms with Gasteiger partial charge in [0.25, 0.3) is 0 Å². The summed E-state index contributed by atoms with van der Waals surface area (Å²) in [7, 11) is 0. The summed E-state index contributed by atoms with van der Waals surface area (Å²) in [4.78, 5) is 20.1. The predicted molar refractivity (Wildman–Crippen MR) is 48.5 cm³/mol. The van der Waals surface area contributed by atoms with Gasteiger partial charge < -0.3 is 16.6 Å². The third kappa shape index (κ3) is 9.48. The number of hydrogen-bond donors (Lipinski definition) is 3. The maximum atomic E-state index is 10.1. The van der Waals surface area contributed by atoms with Crippen LogP contribution in [-0.4, -0.2) is 23.0 Å². The Labute approximate surface area is 82.3 Å². The molecule has 0 aliphatic carbocycles. The number of hydrogen-bond acceptors (Lipinski definition) is 3. The van der Waals surface area contributed by atoms with Crippen molar-refractivity contribution in [3.8, 4) is 0 Å². The minimum absolute atomic E-state index is 0. The standard InChI is InChI=1S/C5H10N2O3.2ClH/c6-3(5(9)10)1-2-4(7)8;;/h3H,1-2,6H2,(H2,7,8)(H,9,10);2*1H. The third-order valence-electron chi connectivity index (χ3n) is 1.02. The van der Waals surface area contributed by atoms with Crippen molar-refractivity contribution >= 4 is 36.7 Å². The Kier molecular flexibility index (Phi) is 12.5. The van der Waals surface area contributed by atoms with Gasteiger partial charge in [-0.3, -0.25) is 9.59 Å². The zero-order chi connectivity index (χ0) is 8.15. The van der Waals surface area contributed by atoms with Crippen LogP contribution in [0.25, 0.3) is 0 Å². The Hall–Kier alpha value is -0.520. The molecule has 0 bridgehead atoms. The van der Waals surface area contributed by atoms with Crippen LogP contribution in [0.4, 0.5) is 0 Å². The van der Waals surface area contributed by atoms with E-state index in [1.807, 2.05) is 0 Å². The van der Waals surface area contributed by atoms with Crippen molar-refractivity contribution < 1.29 is 14.7 Å². The summed E-state index contributed by atoms with van der Waals surface area (Å²) in [6.45, 7) is 0. The Morgan fingerprint density at radius 2 is 1.75 bits per heavy atom. The second kappa shape index (κ2) is 8.58. The number of carboxylic acid groups (broad SMARTS) is 1. The molecule has 0 fully saturated rings. The fraction of sp³-hybridized carbons (Fsp3) is 0.600. The first-order valence-electron chi connectivity index (χ1n) is 2.80. The maximum Gasteiger partial charge on any atom is 0.320 e. The molecular formula is C5H12Cl2N2O3. The molecule has 5 N–H and O–H groups in total. The predicted octanol–water partition coefficient (Wildman–Crippen LogP) is -0.493. The van der Waals surface area contributed by atoms with Gasteiger partial charge in [0.1, 0.15) is 6.04 Å². The number of halogens is 2. The van der Waals surface area contributed by atoms with Crippen molar-refractivity contribution in [3.05, 3.63) is 0 Å². The quantitative estimate of drug-likeness (QED) is 0.592. The molecule has 0 heterocycles. The topological polar surface area (TPSA) is 106 Å². The highest BCUT2D eigenvalue weighted by molar-refractivity contribution is 5.85. The van der Waals surface area contributed by atoms with Crippen molar-refractivity contribution in [2.45, 2.75) is 18.9 Å². The second-order valence-corrected chi connectivity index (χ2v) is 1.95. The number of nitrogens with two attached hydrogens (primary N) is 2. The van der Waals surface area contributed by atoms with Crippen LogP contribution in [0.3, 0.4) is 0 Å². The first-order chi connectivity index (χ1) is 4.54. The highest BCUT2D eigenvalue weighted by atomic mass is 35.5.